The number of hydrogen-bond acceptors (Lipinski definition) is 4. The van der Waals surface area contributed by atoms with Crippen molar-refractivity contribution in [1.82, 2.24) is 0 Å². The van der Waals surface area contributed by atoms with Crippen LogP contribution in [0.4, 0.5) is 18.9 Å². The zero-order chi connectivity index (χ0) is 15.0. The molecule has 1 aliphatic rings. The van der Waals surface area contributed by atoms with E-state index in [1.807, 2.05) is 0 Å². The van der Waals surface area contributed by atoms with Crippen molar-refractivity contribution in [3.63, 3.8) is 0 Å². The summed E-state index contributed by atoms with van der Waals surface area (Å²) >= 11 is 0. The minimum atomic E-state index is -5.68. The SMILES string of the molecule is O=C1CCCc2cc(OS(=O)(=O)C(F)(F)F)ccc2N1. The Morgan fingerprint density at radius 2 is 1.90 bits per heavy atom. The molecule has 1 heterocycles. The number of aryl methyl sites for hydroxylation is 1. The number of benzene rings is 1. The zero-order valence-corrected chi connectivity index (χ0v) is 10.8. The summed E-state index contributed by atoms with van der Waals surface area (Å²) in [5.41, 5.74) is -4.50. The van der Waals surface area contributed by atoms with Crippen molar-refractivity contribution in [2.24, 2.45) is 0 Å². The molecule has 0 fully saturated rings. The third-order valence-corrected chi connectivity index (χ3v) is 3.67. The summed E-state index contributed by atoms with van der Waals surface area (Å²) in [6, 6.07) is 3.57. The summed E-state index contributed by atoms with van der Waals surface area (Å²) in [5, 5.41) is 2.58. The monoisotopic (exact) mass is 309 g/mol. The number of halogens is 3. The van der Waals surface area contributed by atoms with Crippen LogP contribution >= 0.6 is 0 Å². The van der Waals surface area contributed by atoms with Gasteiger partial charge in [0.1, 0.15) is 5.75 Å². The fraction of sp³-hybridized carbons (Fsp3) is 0.364. The van der Waals surface area contributed by atoms with Crippen LogP contribution in [0.1, 0.15) is 18.4 Å². The first-order chi connectivity index (χ1) is 9.19. The molecule has 0 radical (unpaired) electrons. The number of alkyl halides is 3. The van der Waals surface area contributed by atoms with Crippen molar-refractivity contribution in [2.45, 2.75) is 24.8 Å². The van der Waals surface area contributed by atoms with E-state index >= 15 is 0 Å². The summed E-state index contributed by atoms with van der Waals surface area (Å²) in [4.78, 5) is 11.3. The molecular formula is C11H10F3NO4S. The Labute approximate surface area is 112 Å². The number of fused-ring (bicyclic) bond motifs is 1. The van der Waals surface area contributed by atoms with E-state index in [1.165, 1.54) is 12.1 Å². The molecule has 0 aromatic heterocycles. The molecule has 0 saturated heterocycles. The van der Waals surface area contributed by atoms with Crippen molar-refractivity contribution in [1.29, 1.82) is 0 Å². The van der Waals surface area contributed by atoms with E-state index in [-0.39, 0.29) is 5.91 Å². The number of carbonyl (C=O) groups excluding carboxylic acids is 1. The van der Waals surface area contributed by atoms with Gasteiger partial charge in [0.15, 0.2) is 0 Å². The zero-order valence-electron chi connectivity index (χ0n) is 10.0. The first-order valence-electron chi connectivity index (χ1n) is 5.62. The van der Waals surface area contributed by atoms with Crippen molar-refractivity contribution in [3.05, 3.63) is 23.8 Å². The molecule has 0 atom stereocenters. The Hall–Kier alpha value is -1.77. The van der Waals surface area contributed by atoms with E-state index in [4.69, 9.17) is 0 Å². The predicted octanol–water partition coefficient (Wildman–Crippen LogP) is 2.19. The molecule has 20 heavy (non-hydrogen) atoms. The van der Waals surface area contributed by atoms with Crippen LogP contribution in [-0.2, 0) is 21.3 Å². The minimum Gasteiger partial charge on any atom is -0.376 e. The van der Waals surface area contributed by atoms with Crippen LogP contribution in [0.2, 0.25) is 0 Å². The molecule has 2 rings (SSSR count). The van der Waals surface area contributed by atoms with Crippen LogP contribution in [0.25, 0.3) is 0 Å². The van der Waals surface area contributed by atoms with Crippen LogP contribution in [0.5, 0.6) is 5.75 Å². The van der Waals surface area contributed by atoms with E-state index in [0.29, 0.717) is 30.5 Å². The van der Waals surface area contributed by atoms with E-state index in [9.17, 15) is 26.4 Å². The van der Waals surface area contributed by atoms with Gasteiger partial charge in [-0.25, -0.2) is 0 Å². The van der Waals surface area contributed by atoms with Gasteiger partial charge in [-0.15, -0.1) is 0 Å². The third-order valence-electron chi connectivity index (χ3n) is 2.69. The molecule has 0 aliphatic carbocycles. The minimum absolute atomic E-state index is 0.194. The van der Waals surface area contributed by atoms with Crippen LogP contribution in [-0.4, -0.2) is 19.8 Å². The predicted molar refractivity (Wildman–Crippen MR) is 63.6 cm³/mol. The Balaban J connectivity index is 2.29. The number of anilines is 1. The maximum Gasteiger partial charge on any atom is 0.534 e. The van der Waals surface area contributed by atoms with Gasteiger partial charge in [-0.05, 0) is 36.6 Å². The van der Waals surface area contributed by atoms with Gasteiger partial charge < -0.3 is 9.50 Å². The maximum absolute atomic E-state index is 12.2. The lowest BCUT2D eigenvalue weighted by Gasteiger charge is -2.12. The lowest BCUT2D eigenvalue weighted by Crippen LogP contribution is -2.28. The van der Waals surface area contributed by atoms with Crippen LogP contribution in [0, 0.1) is 0 Å². The lowest BCUT2D eigenvalue weighted by atomic mass is 10.1. The second-order valence-electron chi connectivity index (χ2n) is 4.20. The summed E-state index contributed by atoms with van der Waals surface area (Å²) in [6.07, 6.45) is 1.26. The van der Waals surface area contributed by atoms with Gasteiger partial charge in [0, 0.05) is 12.1 Å². The molecular weight excluding hydrogens is 299 g/mol. The van der Waals surface area contributed by atoms with Gasteiger partial charge in [-0.3, -0.25) is 4.79 Å². The molecule has 1 amide bonds. The van der Waals surface area contributed by atoms with Gasteiger partial charge in [-0.2, -0.15) is 21.6 Å². The number of nitrogens with one attached hydrogen (secondary N) is 1. The second-order valence-corrected chi connectivity index (χ2v) is 5.74. The van der Waals surface area contributed by atoms with E-state index in [2.05, 4.69) is 9.50 Å². The fourth-order valence-corrected chi connectivity index (χ4v) is 2.23. The highest BCUT2D eigenvalue weighted by molar-refractivity contribution is 7.88. The molecule has 0 saturated carbocycles. The molecule has 5 nitrogen and oxygen atoms in total. The molecule has 9 heteroatoms. The average Bonchev–Trinajstić information content (AvgIpc) is 2.47. The quantitative estimate of drug-likeness (QED) is 0.671. The smallest absolute Gasteiger partial charge is 0.376 e. The largest absolute Gasteiger partial charge is 0.534 e. The maximum atomic E-state index is 12.2. The van der Waals surface area contributed by atoms with Gasteiger partial charge in [0.05, 0.1) is 0 Å². The molecule has 1 aromatic carbocycles. The second kappa shape index (κ2) is 4.97. The Morgan fingerprint density at radius 1 is 1.20 bits per heavy atom. The van der Waals surface area contributed by atoms with E-state index < -0.39 is 21.4 Å². The van der Waals surface area contributed by atoms with Gasteiger partial charge in [0.25, 0.3) is 0 Å². The topological polar surface area (TPSA) is 72.5 Å². The highest BCUT2D eigenvalue weighted by Gasteiger charge is 2.48. The van der Waals surface area contributed by atoms with Crippen LogP contribution < -0.4 is 9.50 Å². The normalized spacial score (nSPS) is 16.1. The van der Waals surface area contributed by atoms with Crippen molar-refractivity contribution in [3.8, 4) is 5.75 Å². The summed E-state index contributed by atoms with van der Waals surface area (Å²) < 4.78 is 62.4. The van der Waals surface area contributed by atoms with E-state index in [1.54, 1.807) is 0 Å². The first-order valence-corrected chi connectivity index (χ1v) is 7.03. The Kier molecular flexibility index (Phi) is 3.63. The average molecular weight is 309 g/mol. The molecule has 1 aliphatic heterocycles. The lowest BCUT2D eigenvalue weighted by molar-refractivity contribution is -0.116. The number of amides is 1. The van der Waals surface area contributed by atoms with Crippen molar-refractivity contribution >= 4 is 21.7 Å². The summed E-state index contributed by atoms with van der Waals surface area (Å²) in [7, 11) is -5.68. The fourth-order valence-electron chi connectivity index (χ4n) is 1.78. The van der Waals surface area contributed by atoms with Crippen molar-refractivity contribution < 1.29 is 30.6 Å². The highest BCUT2D eigenvalue weighted by Crippen LogP contribution is 2.30. The molecule has 0 unspecified atom stereocenters. The summed E-state index contributed by atoms with van der Waals surface area (Å²) in [6.45, 7) is 0. The number of rotatable bonds is 2. The van der Waals surface area contributed by atoms with Gasteiger partial charge >= 0.3 is 15.6 Å². The first kappa shape index (κ1) is 14.6. The number of hydrogen-bond donors (Lipinski definition) is 1. The third kappa shape index (κ3) is 3.03. The Morgan fingerprint density at radius 3 is 2.55 bits per heavy atom. The van der Waals surface area contributed by atoms with Crippen LogP contribution in [0.3, 0.4) is 0 Å². The molecule has 1 N–H and O–H groups in total. The van der Waals surface area contributed by atoms with Gasteiger partial charge in [-0.1, -0.05) is 0 Å². The molecule has 110 valence electrons. The Bertz CT molecular complexity index is 640. The summed E-state index contributed by atoms with van der Waals surface area (Å²) in [5.74, 6) is -0.627. The highest BCUT2D eigenvalue weighted by atomic mass is 32.2. The van der Waals surface area contributed by atoms with Crippen molar-refractivity contribution in [2.75, 3.05) is 5.32 Å². The molecule has 1 aromatic rings. The van der Waals surface area contributed by atoms with Gasteiger partial charge in [0.2, 0.25) is 5.91 Å². The molecule has 0 bridgehead atoms. The van der Waals surface area contributed by atoms with Crippen LogP contribution in [0.15, 0.2) is 18.2 Å². The molecule has 0 spiro atoms. The van der Waals surface area contributed by atoms with E-state index in [0.717, 1.165) is 6.07 Å². The standard InChI is InChI=1S/C11H10F3NO4S/c12-11(13,14)20(17,18)19-8-4-5-9-7(6-8)2-1-3-10(16)15-9/h4-6H,1-3H2,(H,15,16). The number of carbonyl (C=O) groups is 1.